The molecule has 0 saturated carbocycles. The first-order chi connectivity index (χ1) is 8.53. The fourth-order valence-corrected chi connectivity index (χ4v) is 2.05. The molecular formula is C13H19F2NO2. The van der Waals surface area contributed by atoms with Gasteiger partial charge in [0.15, 0.2) is 0 Å². The third-order valence-corrected chi connectivity index (χ3v) is 2.88. The number of nitrogens with one attached hydrogen (secondary N) is 1. The van der Waals surface area contributed by atoms with Crippen LogP contribution in [0.1, 0.15) is 25.8 Å². The number of rotatable bonds is 7. The molecule has 1 aromatic carbocycles. The van der Waals surface area contributed by atoms with Crippen LogP contribution in [-0.2, 0) is 5.54 Å². The lowest BCUT2D eigenvalue weighted by molar-refractivity contribution is -0.0512. The Bertz CT molecular complexity index is 366. The summed E-state index contributed by atoms with van der Waals surface area (Å²) in [6, 6.07) is 6.65. The van der Waals surface area contributed by atoms with Crippen molar-refractivity contribution in [3.05, 3.63) is 29.8 Å². The summed E-state index contributed by atoms with van der Waals surface area (Å²) in [5.74, 6) is 0.143. The topological polar surface area (TPSA) is 41.5 Å². The van der Waals surface area contributed by atoms with Crippen molar-refractivity contribution in [2.24, 2.45) is 0 Å². The largest absolute Gasteiger partial charge is 0.434 e. The van der Waals surface area contributed by atoms with Crippen LogP contribution in [-0.4, -0.2) is 24.9 Å². The second-order valence-electron chi connectivity index (χ2n) is 4.21. The van der Waals surface area contributed by atoms with Gasteiger partial charge in [-0.05, 0) is 26.0 Å². The van der Waals surface area contributed by atoms with E-state index in [0.717, 1.165) is 0 Å². The highest BCUT2D eigenvalue weighted by molar-refractivity contribution is 5.38. The Kier molecular flexibility index (Phi) is 5.50. The maximum absolute atomic E-state index is 12.4. The molecule has 5 heteroatoms. The number of para-hydroxylation sites is 1. The molecule has 0 saturated heterocycles. The summed E-state index contributed by atoms with van der Waals surface area (Å²) in [6.07, 6.45) is 0.421. The quantitative estimate of drug-likeness (QED) is 0.790. The highest BCUT2D eigenvalue weighted by Gasteiger charge is 2.28. The van der Waals surface area contributed by atoms with Crippen LogP contribution in [0, 0.1) is 0 Å². The molecule has 3 nitrogen and oxygen atoms in total. The van der Waals surface area contributed by atoms with E-state index in [0.29, 0.717) is 18.5 Å². The monoisotopic (exact) mass is 259 g/mol. The van der Waals surface area contributed by atoms with Crippen molar-refractivity contribution in [1.82, 2.24) is 5.32 Å². The molecule has 0 aliphatic rings. The van der Waals surface area contributed by atoms with Gasteiger partial charge in [-0.25, -0.2) is 0 Å². The van der Waals surface area contributed by atoms with Crippen LogP contribution in [0.5, 0.6) is 5.75 Å². The first kappa shape index (κ1) is 14.9. The van der Waals surface area contributed by atoms with Gasteiger partial charge in [0, 0.05) is 17.7 Å². The molecule has 1 atom stereocenters. The van der Waals surface area contributed by atoms with Crippen molar-refractivity contribution in [3.63, 3.8) is 0 Å². The summed E-state index contributed by atoms with van der Waals surface area (Å²) in [5, 5.41) is 12.3. The van der Waals surface area contributed by atoms with Crippen LogP contribution < -0.4 is 10.1 Å². The normalized spacial score (nSPS) is 14.6. The van der Waals surface area contributed by atoms with Gasteiger partial charge in [-0.1, -0.05) is 25.1 Å². The molecule has 0 radical (unpaired) electrons. The summed E-state index contributed by atoms with van der Waals surface area (Å²) in [5.41, 5.74) is 0.0378. The molecule has 0 bridgehead atoms. The van der Waals surface area contributed by atoms with E-state index >= 15 is 0 Å². The summed E-state index contributed by atoms with van der Waals surface area (Å²) in [7, 11) is 0. The number of aliphatic hydroxyl groups is 1. The number of halogens is 2. The Hall–Kier alpha value is -1.20. The van der Waals surface area contributed by atoms with Crippen molar-refractivity contribution in [1.29, 1.82) is 0 Å². The van der Waals surface area contributed by atoms with E-state index in [2.05, 4.69) is 10.1 Å². The average molecular weight is 259 g/mol. The molecule has 18 heavy (non-hydrogen) atoms. The second-order valence-corrected chi connectivity index (χ2v) is 4.21. The molecule has 102 valence electrons. The fourth-order valence-electron chi connectivity index (χ4n) is 2.05. The van der Waals surface area contributed by atoms with E-state index in [9.17, 15) is 8.78 Å². The van der Waals surface area contributed by atoms with E-state index in [1.807, 2.05) is 13.8 Å². The van der Waals surface area contributed by atoms with Gasteiger partial charge in [-0.2, -0.15) is 8.78 Å². The Labute approximate surface area is 106 Å². The van der Waals surface area contributed by atoms with Crippen molar-refractivity contribution >= 4 is 0 Å². The Morgan fingerprint density at radius 3 is 2.61 bits per heavy atom. The average Bonchev–Trinajstić information content (AvgIpc) is 2.29. The van der Waals surface area contributed by atoms with Gasteiger partial charge in [-0.3, -0.25) is 0 Å². The van der Waals surface area contributed by atoms with Crippen LogP contribution in [0.3, 0.4) is 0 Å². The lowest BCUT2D eigenvalue weighted by Gasteiger charge is -2.32. The number of hydrogen-bond acceptors (Lipinski definition) is 3. The molecule has 0 spiro atoms. The lowest BCUT2D eigenvalue weighted by Crippen LogP contribution is -2.40. The van der Waals surface area contributed by atoms with Crippen LogP contribution >= 0.6 is 0 Å². The van der Waals surface area contributed by atoms with Gasteiger partial charge in [0.1, 0.15) is 5.75 Å². The molecule has 0 heterocycles. The van der Waals surface area contributed by atoms with Gasteiger partial charge in [0.2, 0.25) is 0 Å². The Morgan fingerprint density at radius 1 is 1.39 bits per heavy atom. The van der Waals surface area contributed by atoms with E-state index in [1.165, 1.54) is 6.07 Å². The van der Waals surface area contributed by atoms with E-state index in [4.69, 9.17) is 5.11 Å². The summed E-state index contributed by atoms with van der Waals surface area (Å²) >= 11 is 0. The third-order valence-electron chi connectivity index (χ3n) is 2.88. The molecule has 2 N–H and O–H groups in total. The fraction of sp³-hybridized carbons (Fsp3) is 0.538. The van der Waals surface area contributed by atoms with Gasteiger partial charge in [0.05, 0.1) is 0 Å². The van der Waals surface area contributed by atoms with Crippen LogP contribution in [0.4, 0.5) is 8.78 Å². The van der Waals surface area contributed by atoms with Gasteiger partial charge >= 0.3 is 6.61 Å². The van der Waals surface area contributed by atoms with Crippen molar-refractivity contribution in [2.45, 2.75) is 32.4 Å². The minimum atomic E-state index is -2.86. The van der Waals surface area contributed by atoms with Crippen LogP contribution in [0.15, 0.2) is 24.3 Å². The molecular weight excluding hydrogens is 240 g/mol. The standard InChI is InChI=1S/C13H19F2NO2/c1-3-16-13(2,8-9-17)10-6-4-5-7-11(10)18-12(14)15/h4-7,12,16-17H,3,8-9H2,1-2H3. The molecule has 0 aromatic heterocycles. The Morgan fingerprint density at radius 2 is 2.06 bits per heavy atom. The minimum Gasteiger partial charge on any atom is -0.434 e. The first-order valence-electron chi connectivity index (χ1n) is 5.93. The third kappa shape index (κ3) is 3.65. The maximum Gasteiger partial charge on any atom is 0.387 e. The zero-order valence-corrected chi connectivity index (χ0v) is 10.6. The van der Waals surface area contributed by atoms with Crippen LogP contribution in [0.25, 0.3) is 0 Å². The highest BCUT2D eigenvalue weighted by Crippen LogP contribution is 2.33. The number of benzene rings is 1. The minimum absolute atomic E-state index is 0.0352. The van der Waals surface area contributed by atoms with Gasteiger partial charge in [-0.15, -0.1) is 0 Å². The van der Waals surface area contributed by atoms with Gasteiger partial charge in [0.25, 0.3) is 0 Å². The SMILES string of the molecule is CCNC(C)(CCO)c1ccccc1OC(F)F. The number of aliphatic hydroxyl groups excluding tert-OH is 1. The lowest BCUT2D eigenvalue weighted by atomic mass is 9.88. The van der Waals surface area contributed by atoms with Crippen molar-refractivity contribution in [3.8, 4) is 5.75 Å². The molecule has 1 unspecified atom stereocenters. The Balaban J connectivity index is 3.10. The number of ether oxygens (including phenoxy) is 1. The zero-order valence-electron chi connectivity index (χ0n) is 10.6. The molecule has 0 aliphatic heterocycles. The smallest absolute Gasteiger partial charge is 0.387 e. The molecule has 0 amide bonds. The summed E-state index contributed by atoms with van der Waals surface area (Å²) < 4.78 is 29.3. The predicted octanol–water partition coefficient (Wildman–Crippen LogP) is 2.50. The zero-order chi connectivity index (χ0) is 13.6. The molecule has 1 aromatic rings. The predicted molar refractivity (Wildman–Crippen MR) is 65.8 cm³/mol. The molecule has 0 aliphatic carbocycles. The molecule has 0 fully saturated rings. The van der Waals surface area contributed by atoms with Crippen LogP contribution in [0.2, 0.25) is 0 Å². The second kappa shape index (κ2) is 6.66. The van der Waals surface area contributed by atoms with Crippen molar-refractivity contribution in [2.75, 3.05) is 13.2 Å². The summed E-state index contributed by atoms with van der Waals surface area (Å²) in [6.45, 7) is 1.56. The highest BCUT2D eigenvalue weighted by atomic mass is 19.3. The maximum atomic E-state index is 12.4. The van der Waals surface area contributed by atoms with Gasteiger partial charge < -0.3 is 15.2 Å². The van der Waals surface area contributed by atoms with E-state index in [1.54, 1.807) is 18.2 Å². The van der Waals surface area contributed by atoms with Crippen molar-refractivity contribution < 1.29 is 18.6 Å². The first-order valence-corrected chi connectivity index (χ1v) is 5.93. The molecule has 1 rings (SSSR count). The number of alkyl halides is 2. The summed E-state index contributed by atoms with van der Waals surface area (Å²) in [4.78, 5) is 0. The van der Waals surface area contributed by atoms with E-state index in [-0.39, 0.29) is 12.4 Å². The van der Waals surface area contributed by atoms with E-state index < -0.39 is 12.2 Å². The number of hydrogen-bond donors (Lipinski definition) is 2.